The molecule has 0 aliphatic carbocycles. The van der Waals surface area contributed by atoms with Crippen LogP contribution in [-0.4, -0.2) is 39.6 Å². The highest BCUT2D eigenvalue weighted by atomic mass is 32.2. The molecule has 0 aliphatic rings. The molecule has 0 fully saturated rings. The Morgan fingerprint density at radius 1 is 1.44 bits per heavy atom. The van der Waals surface area contributed by atoms with Crippen LogP contribution < -0.4 is 10.1 Å². The topological polar surface area (TPSA) is 69.0 Å². The van der Waals surface area contributed by atoms with Crippen molar-refractivity contribution in [2.24, 2.45) is 0 Å². The van der Waals surface area contributed by atoms with Crippen molar-refractivity contribution in [2.75, 3.05) is 13.7 Å². The van der Waals surface area contributed by atoms with Gasteiger partial charge in [-0.3, -0.25) is 9.36 Å². The van der Waals surface area contributed by atoms with Crippen LogP contribution in [0, 0.1) is 0 Å². The molecule has 1 atom stereocenters. The second kappa shape index (κ2) is 9.27. The maximum absolute atomic E-state index is 12.1. The first kappa shape index (κ1) is 19.1. The van der Waals surface area contributed by atoms with Crippen molar-refractivity contribution in [1.29, 1.82) is 0 Å². The number of nitrogens with one attached hydrogen (secondary N) is 1. The molecule has 2 aromatic rings. The lowest BCUT2D eigenvalue weighted by molar-refractivity contribution is -0.120. The number of allylic oxidation sites excluding steroid dienone is 1. The molecule has 0 saturated carbocycles. The number of para-hydroxylation sites is 1. The number of hydrogen-bond donors (Lipinski definition) is 1. The minimum atomic E-state index is -0.259. The van der Waals surface area contributed by atoms with Gasteiger partial charge in [0.1, 0.15) is 5.75 Å². The monoisotopic (exact) mass is 360 g/mol. The van der Waals surface area contributed by atoms with Crippen LogP contribution in [0.5, 0.6) is 5.75 Å². The highest BCUT2D eigenvalue weighted by Crippen LogP contribution is 2.32. The largest absolute Gasteiger partial charge is 0.496 e. The summed E-state index contributed by atoms with van der Waals surface area (Å²) in [5, 5.41) is 11.9. The highest BCUT2D eigenvalue weighted by molar-refractivity contribution is 8.00. The Bertz CT molecular complexity index is 730. The molecule has 7 heteroatoms. The van der Waals surface area contributed by atoms with Crippen LogP contribution >= 0.6 is 11.8 Å². The fourth-order valence-electron chi connectivity index (χ4n) is 2.30. The molecule has 25 heavy (non-hydrogen) atoms. The minimum Gasteiger partial charge on any atom is -0.496 e. The third kappa shape index (κ3) is 4.63. The van der Waals surface area contributed by atoms with Crippen LogP contribution in [-0.2, 0) is 11.3 Å². The van der Waals surface area contributed by atoms with Crippen molar-refractivity contribution < 1.29 is 9.53 Å². The van der Waals surface area contributed by atoms with E-state index in [1.165, 1.54) is 11.8 Å². The Labute approximate surface area is 152 Å². The molecule has 1 aromatic heterocycles. The lowest BCUT2D eigenvalue weighted by atomic mass is 10.2. The van der Waals surface area contributed by atoms with E-state index >= 15 is 0 Å². The Kier molecular flexibility index (Phi) is 7.06. The molecule has 0 saturated heterocycles. The zero-order valence-electron chi connectivity index (χ0n) is 14.9. The number of methoxy groups -OCH3 is 1. The van der Waals surface area contributed by atoms with E-state index in [4.69, 9.17) is 4.74 Å². The van der Waals surface area contributed by atoms with Crippen LogP contribution in [0.2, 0.25) is 0 Å². The summed E-state index contributed by atoms with van der Waals surface area (Å²) in [6, 6.07) is 7.66. The van der Waals surface area contributed by atoms with E-state index in [0.29, 0.717) is 24.1 Å². The van der Waals surface area contributed by atoms with Gasteiger partial charge in [-0.05, 0) is 25.5 Å². The van der Waals surface area contributed by atoms with Gasteiger partial charge in [-0.25, -0.2) is 0 Å². The van der Waals surface area contributed by atoms with Crippen molar-refractivity contribution >= 4 is 17.7 Å². The van der Waals surface area contributed by atoms with Crippen molar-refractivity contribution in [3.63, 3.8) is 0 Å². The van der Waals surface area contributed by atoms with E-state index in [1.807, 2.05) is 42.7 Å². The highest BCUT2D eigenvalue weighted by Gasteiger charge is 2.21. The number of ether oxygens (including phenoxy) is 1. The summed E-state index contributed by atoms with van der Waals surface area (Å²) in [6.45, 7) is 8.93. The van der Waals surface area contributed by atoms with Crippen molar-refractivity contribution in [3.8, 4) is 17.1 Å². The zero-order chi connectivity index (χ0) is 18.2. The molecule has 1 amide bonds. The molecule has 6 nitrogen and oxygen atoms in total. The molecule has 0 bridgehead atoms. The lowest BCUT2D eigenvalue weighted by Crippen LogP contribution is -2.31. The van der Waals surface area contributed by atoms with Gasteiger partial charge in [0.2, 0.25) is 5.91 Å². The van der Waals surface area contributed by atoms with Crippen LogP contribution in [0.1, 0.15) is 20.3 Å². The van der Waals surface area contributed by atoms with E-state index < -0.39 is 0 Å². The summed E-state index contributed by atoms with van der Waals surface area (Å²) in [5.41, 5.74) is 0.856. The smallest absolute Gasteiger partial charge is 0.233 e. The number of carbonyl (C=O) groups is 1. The second-order valence-corrected chi connectivity index (χ2v) is 6.76. The second-order valence-electron chi connectivity index (χ2n) is 5.46. The molecule has 1 heterocycles. The van der Waals surface area contributed by atoms with Crippen LogP contribution in [0.3, 0.4) is 0 Å². The molecule has 134 valence electrons. The van der Waals surface area contributed by atoms with E-state index in [-0.39, 0.29) is 11.2 Å². The molecule has 0 aliphatic heterocycles. The number of hydrogen-bond acceptors (Lipinski definition) is 5. The fourth-order valence-corrected chi connectivity index (χ4v) is 3.18. The van der Waals surface area contributed by atoms with Gasteiger partial charge >= 0.3 is 0 Å². The molecular weight excluding hydrogens is 336 g/mol. The summed E-state index contributed by atoms with van der Waals surface area (Å²) in [5.74, 6) is 1.42. The molecule has 2 rings (SSSR count). The predicted octanol–water partition coefficient (Wildman–Crippen LogP) is 3.15. The first-order chi connectivity index (χ1) is 12.1. The van der Waals surface area contributed by atoms with Gasteiger partial charge in [-0.1, -0.05) is 36.9 Å². The normalized spacial score (nSPS) is 11.8. The average molecular weight is 360 g/mol. The zero-order valence-corrected chi connectivity index (χ0v) is 15.7. The quantitative estimate of drug-likeness (QED) is 0.549. The van der Waals surface area contributed by atoms with Gasteiger partial charge < -0.3 is 10.1 Å². The minimum absolute atomic E-state index is 0.00107. The molecule has 1 unspecified atom stereocenters. The van der Waals surface area contributed by atoms with Gasteiger partial charge in [0.05, 0.1) is 17.9 Å². The van der Waals surface area contributed by atoms with Crippen molar-refractivity contribution in [2.45, 2.75) is 37.2 Å². The average Bonchev–Trinajstić information content (AvgIpc) is 3.02. The van der Waals surface area contributed by atoms with E-state index in [2.05, 4.69) is 22.1 Å². The number of aromatic nitrogens is 3. The number of thioether (sulfide) groups is 1. The maximum Gasteiger partial charge on any atom is 0.233 e. The summed E-state index contributed by atoms with van der Waals surface area (Å²) in [4.78, 5) is 12.1. The fraction of sp³-hybridized carbons (Fsp3) is 0.389. The Morgan fingerprint density at radius 2 is 2.20 bits per heavy atom. The lowest BCUT2D eigenvalue weighted by Gasteiger charge is -2.13. The number of rotatable bonds is 9. The number of amides is 1. The van der Waals surface area contributed by atoms with E-state index in [9.17, 15) is 4.79 Å². The van der Waals surface area contributed by atoms with E-state index in [1.54, 1.807) is 13.2 Å². The SMILES string of the molecule is C=CCn1c(SC(C)C(=O)NCCC)nnc1-c1ccccc1OC. The standard InChI is InChI=1S/C18H24N4O2S/c1-5-11-19-17(23)13(3)25-18-21-20-16(22(18)12-6-2)14-9-7-8-10-15(14)24-4/h6-10,13H,2,5,11-12H2,1,3-4H3,(H,19,23). The number of nitrogens with zero attached hydrogens (tertiary/aromatic N) is 3. The molecule has 0 radical (unpaired) electrons. The summed E-state index contributed by atoms with van der Waals surface area (Å²) in [6.07, 6.45) is 2.70. The number of benzene rings is 1. The Hall–Kier alpha value is -2.28. The Morgan fingerprint density at radius 3 is 2.88 bits per heavy atom. The van der Waals surface area contributed by atoms with E-state index in [0.717, 1.165) is 17.7 Å². The van der Waals surface area contributed by atoms with Gasteiger partial charge in [0.15, 0.2) is 11.0 Å². The van der Waals surface area contributed by atoms with Crippen LogP contribution in [0.25, 0.3) is 11.4 Å². The molecule has 1 N–H and O–H groups in total. The third-order valence-corrected chi connectivity index (χ3v) is 4.66. The van der Waals surface area contributed by atoms with Gasteiger partial charge in [0.25, 0.3) is 0 Å². The third-order valence-electron chi connectivity index (χ3n) is 3.58. The molecule has 0 spiro atoms. The van der Waals surface area contributed by atoms with Gasteiger partial charge in [-0.2, -0.15) is 0 Å². The van der Waals surface area contributed by atoms with Crippen LogP contribution in [0.4, 0.5) is 0 Å². The molecular formula is C18H24N4O2S. The summed E-state index contributed by atoms with van der Waals surface area (Å²) in [7, 11) is 1.63. The molecule has 1 aromatic carbocycles. The first-order valence-electron chi connectivity index (χ1n) is 8.24. The number of carbonyl (C=O) groups excluding carboxylic acids is 1. The van der Waals surface area contributed by atoms with Gasteiger partial charge in [-0.15, -0.1) is 16.8 Å². The first-order valence-corrected chi connectivity index (χ1v) is 9.12. The van der Waals surface area contributed by atoms with Crippen molar-refractivity contribution in [1.82, 2.24) is 20.1 Å². The summed E-state index contributed by atoms with van der Waals surface area (Å²) < 4.78 is 7.37. The Balaban J connectivity index is 2.30. The van der Waals surface area contributed by atoms with Crippen molar-refractivity contribution in [3.05, 3.63) is 36.9 Å². The van der Waals surface area contributed by atoms with Gasteiger partial charge in [0, 0.05) is 13.1 Å². The van der Waals surface area contributed by atoms with Crippen LogP contribution in [0.15, 0.2) is 42.1 Å². The predicted molar refractivity (Wildman–Crippen MR) is 101 cm³/mol. The maximum atomic E-state index is 12.1. The summed E-state index contributed by atoms with van der Waals surface area (Å²) >= 11 is 1.39.